The highest BCUT2D eigenvalue weighted by atomic mass is 16.4. The quantitative estimate of drug-likeness (QED) is 0.545. The van der Waals surface area contributed by atoms with Gasteiger partial charge >= 0.3 is 5.97 Å². The number of hydrogen-bond donors (Lipinski definition) is 2. The number of fused-ring (bicyclic) bond motifs is 1. The number of H-pyrrole nitrogens is 1. The first-order valence-electron chi connectivity index (χ1n) is 9.36. The summed E-state index contributed by atoms with van der Waals surface area (Å²) in [5, 5.41) is 16.5. The number of aromatic nitrogens is 3. The van der Waals surface area contributed by atoms with Gasteiger partial charge in [0.25, 0.3) is 5.91 Å². The van der Waals surface area contributed by atoms with Crippen LogP contribution >= 0.6 is 0 Å². The van der Waals surface area contributed by atoms with Crippen molar-refractivity contribution in [2.45, 2.75) is 6.04 Å². The largest absolute Gasteiger partial charge is 0.478 e. The Kier molecular flexibility index (Phi) is 4.14. The van der Waals surface area contributed by atoms with Gasteiger partial charge in [-0.1, -0.05) is 36.4 Å². The van der Waals surface area contributed by atoms with E-state index in [1.807, 2.05) is 48.5 Å². The summed E-state index contributed by atoms with van der Waals surface area (Å²) >= 11 is 0. The van der Waals surface area contributed by atoms with Crippen LogP contribution in [0.3, 0.4) is 0 Å². The molecule has 1 aliphatic rings. The molecule has 0 fully saturated rings. The number of carbonyl (C=O) groups excluding carboxylic acids is 1. The monoisotopic (exact) mass is 396 g/mol. The smallest absolute Gasteiger partial charge is 0.335 e. The predicted octanol–water partition coefficient (Wildman–Crippen LogP) is 3.92. The average molecular weight is 396 g/mol. The van der Waals surface area contributed by atoms with Gasteiger partial charge in [-0.3, -0.25) is 19.8 Å². The lowest BCUT2D eigenvalue weighted by atomic mass is 9.99. The Morgan fingerprint density at radius 1 is 0.967 bits per heavy atom. The number of nitrogens with one attached hydrogen (secondary N) is 1. The number of carboxylic acid groups (broad SMARTS) is 1. The van der Waals surface area contributed by atoms with Gasteiger partial charge < -0.3 is 5.11 Å². The maximum atomic E-state index is 13.4. The van der Waals surface area contributed by atoms with Crippen molar-refractivity contribution in [2.75, 3.05) is 4.90 Å². The van der Waals surface area contributed by atoms with Crippen molar-refractivity contribution >= 4 is 17.6 Å². The first kappa shape index (κ1) is 17.8. The predicted molar refractivity (Wildman–Crippen MR) is 110 cm³/mol. The number of aromatic carboxylic acids is 1. The molecule has 1 aliphatic heterocycles. The second-order valence-corrected chi connectivity index (χ2v) is 6.91. The Balaban J connectivity index is 1.69. The van der Waals surface area contributed by atoms with Gasteiger partial charge in [0, 0.05) is 23.0 Å². The van der Waals surface area contributed by atoms with E-state index in [-0.39, 0.29) is 11.5 Å². The van der Waals surface area contributed by atoms with Crippen LogP contribution in [-0.4, -0.2) is 32.2 Å². The molecule has 2 N–H and O–H groups in total. The molecule has 1 atom stereocenters. The van der Waals surface area contributed by atoms with Crippen LogP contribution in [0.1, 0.15) is 38.1 Å². The highest BCUT2D eigenvalue weighted by molar-refractivity contribution is 6.11. The third kappa shape index (κ3) is 2.76. The highest BCUT2D eigenvalue weighted by Gasteiger charge is 2.43. The van der Waals surface area contributed by atoms with Gasteiger partial charge in [-0.15, -0.1) is 0 Å². The number of aromatic amines is 1. The zero-order valence-corrected chi connectivity index (χ0v) is 15.7. The number of rotatable bonds is 4. The van der Waals surface area contributed by atoms with Crippen molar-refractivity contribution in [1.29, 1.82) is 0 Å². The molecule has 0 saturated heterocycles. The standard InChI is InChI=1S/C23H16N4O3/c28-22-20-18(19(25-26-20)14-6-2-1-3-7-14)21(17-8-4-5-13-24-17)27(22)16-11-9-15(10-12-16)23(29)30/h1-13,21H,(H,25,26)(H,29,30)/t21-/m1/s1. The van der Waals surface area contributed by atoms with E-state index in [1.54, 1.807) is 23.2 Å². The lowest BCUT2D eigenvalue weighted by Gasteiger charge is -2.25. The summed E-state index contributed by atoms with van der Waals surface area (Å²) in [6.07, 6.45) is 1.69. The Morgan fingerprint density at radius 3 is 2.37 bits per heavy atom. The zero-order valence-electron chi connectivity index (χ0n) is 15.7. The van der Waals surface area contributed by atoms with E-state index >= 15 is 0 Å². The summed E-state index contributed by atoms with van der Waals surface area (Å²) < 4.78 is 0. The molecule has 7 nitrogen and oxygen atoms in total. The second kappa shape index (κ2) is 6.97. The first-order chi connectivity index (χ1) is 14.6. The molecule has 2 aromatic heterocycles. The molecular formula is C23H16N4O3. The molecule has 0 bridgehead atoms. The lowest BCUT2D eigenvalue weighted by molar-refractivity contribution is 0.0696. The number of amides is 1. The van der Waals surface area contributed by atoms with E-state index in [1.165, 1.54) is 12.1 Å². The summed E-state index contributed by atoms with van der Waals surface area (Å²) in [4.78, 5) is 30.7. The maximum absolute atomic E-state index is 13.4. The van der Waals surface area contributed by atoms with Crippen LogP contribution in [-0.2, 0) is 0 Å². The molecule has 1 amide bonds. The molecule has 0 aliphatic carbocycles. The molecule has 2 aromatic carbocycles. The molecule has 4 aromatic rings. The van der Waals surface area contributed by atoms with E-state index < -0.39 is 12.0 Å². The van der Waals surface area contributed by atoms with Gasteiger partial charge in [0.2, 0.25) is 0 Å². The Labute approximate surface area is 171 Å². The molecule has 146 valence electrons. The summed E-state index contributed by atoms with van der Waals surface area (Å²) in [7, 11) is 0. The number of anilines is 1. The van der Waals surface area contributed by atoms with Crippen molar-refractivity contribution in [3.8, 4) is 11.3 Å². The van der Waals surface area contributed by atoms with E-state index in [0.29, 0.717) is 22.8 Å². The molecule has 0 unspecified atom stereocenters. The third-order valence-electron chi connectivity index (χ3n) is 5.18. The van der Waals surface area contributed by atoms with Crippen LogP contribution in [0, 0.1) is 0 Å². The summed E-state index contributed by atoms with van der Waals surface area (Å²) in [5.74, 6) is -1.25. The SMILES string of the molecule is O=C(O)c1ccc(N2C(=O)c3[nH]nc(-c4ccccc4)c3[C@H]2c2ccccn2)cc1. The van der Waals surface area contributed by atoms with Crippen molar-refractivity contribution in [3.63, 3.8) is 0 Å². The summed E-state index contributed by atoms with van der Waals surface area (Å²) in [5.41, 5.74) is 4.20. The molecule has 3 heterocycles. The minimum Gasteiger partial charge on any atom is -0.478 e. The van der Waals surface area contributed by atoms with Crippen molar-refractivity contribution in [1.82, 2.24) is 15.2 Å². The minimum absolute atomic E-state index is 0.157. The van der Waals surface area contributed by atoms with E-state index in [9.17, 15) is 14.7 Å². The fourth-order valence-corrected chi connectivity index (χ4v) is 3.81. The Bertz CT molecular complexity index is 1230. The van der Waals surface area contributed by atoms with Crippen LogP contribution < -0.4 is 4.90 Å². The molecule has 0 radical (unpaired) electrons. The summed E-state index contributed by atoms with van der Waals surface area (Å²) in [6.45, 7) is 0. The fourth-order valence-electron chi connectivity index (χ4n) is 3.81. The number of benzene rings is 2. The van der Waals surface area contributed by atoms with Crippen molar-refractivity contribution in [3.05, 3.63) is 102 Å². The second-order valence-electron chi connectivity index (χ2n) is 6.91. The Hall–Kier alpha value is -4.26. The number of nitrogens with zero attached hydrogens (tertiary/aromatic N) is 3. The average Bonchev–Trinajstić information content (AvgIpc) is 3.34. The van der Waals surface area contributed by atoms with Crippen LogP contribution in [0.15, 0.2) is 79.0 Å². The number of carboxylic acids is 1. The fraction of sp³-hybridized carbons (Fsp3) is 0.0435. The normalized spacial score (nSPS) is 15.3. The summed E-state index contributed by atoms with van der Waals surface area (Å²) in [6, 6.07) is 21.0. The lowest BCUT2D eigenvalue weighted by Crippen LogP contribution is -2.29. The molecule has 7 heteroatoms. The topological polar surface area (TPSA) is 99.2 Å². The van der Waals surface area contributed by atoms with Gasteiger partial charge in [0.15, 0.2) is 0 Å². The number of hydrogen-bond acceptors (Lipinski definition) is 4. The van der Waals surface area contributed by atoms with Gasteiger partial charge in [0.05, 0.1) is 17.0 Å². The molecule has 0 spiro atoms. The number of pyridine rings is 1. The minimum atomic E-state index is -1.02. The van der Waals surface area contributed by atoms with E-state index in [0.717, 1.165) is 11.1 Å². The molecule has 30 heavy (non-hydrogen) atoms. The van der Waals surface area contributed by atoms with Crippen molar-refractivity contribution < 1.29 is 14.7 Å². The van der Waals surface area contributed by atoms with Gasteiger partial charge in [-0.05, 0) is 36.4 Å². The maximum Gasteiger partial charge on any atom is 0.335 e. The number of carbonyl (C=O) groups is 2. The van der Waals surface area contributed by atoms with Crippen LogP contribution in [0.4, 0.5) is 5.69 Å². The van der Waals surface area contributed by atoms with Crippen LogP contribution in [0.5, 0.6) is 0 Å². The molecule has 5 rings (SSSR count). The Morgan fingerprint density at radius 2 is 1.70 bits per heavy atom. The third-order valence-corrected chi connectivity index (χ3v) is 5.18. The van der Waals surface area contributed by atoms with Gasteiger partial charge in [0.1, 0.15) is 11.7 Å². The van der Waals surface area contributed by atoms with E-state index in [4.69, 9.17) is 0 Å². The van der Waals surface area contributed by atoms with E-state index in [2.05, 4.69) is 15.2 Å². The molecular weight excluding hydrogens is 380 g/mol. The zero-order chi connectivity index (χ0) is 20.7. The van der Waals surface area contributed by atoms with Gasteiger partial charge in [-0.25, -0.2) is 4.79 Å². The molecule has 0 saturated carbocycles. The highest BCUT2D eigenvalue weighted by Crippen LogP contribution is 2.44. The first-order valence-corrected chi connectivity index (χ1v) is 9.36. The van der Waals surface area contributed by atoms with Crippen LogP contribution in [0.2, 0.25) is 0 Å². The van der Waals surface area contributed by atoms with Gasteiger partial charge in [-0.2, -0.15) is 5.10 Å². The van der Waals surface area contributed by atoms with Crippen LogP contribution in [0.25, 0.3) is 11.3 Å². The van der Waals surface area contributed by atoms with Crippen molar-refractivity contribution in [2.24, 2.45) is 0 Å².